The maximum atomic E-state index is 12.4. The van der Waals surface area contributed by atoms with E-state index in [1.165, 1.54) is 36.8 Å². The SMILES string of the molecule is C.C=C1CC[C@H]2[C@H](CN)[C@@H]([C@@]3(C)CC[C@H](O)C[C@@H]3CO)CC[C@]12C.C=C1CC[C@H]2[C@H](CNC(=O)CCCC)[C@@H]([C@@]3(C)CC[C@H](O)C[C@@H]3CO)CC[C@]12C.CC(=O)O.CCCCC(=O)O. The average molecular weight is 905 g/mol. The lowest BCUT2D eigenvalue weighted by Crippen LogP contribution is -2.53. The number of aliphatic carboxylic acids is 2. The number of rotatable bonds is 13. The number of amides is 1. The first-order valence-electron chi connectivity index (χ1n) is 25.0. The number of carbonyl (C=O) groups is 3. The van der Waals surface area contributed by atoms with Crippen molar-refractivity contribution >= 4 is 17.8 Å². The van der Waals surface area contributed by atoms with E-state index in [0.29, 0.717) is 54.8 Å². The van der Waals surface area contributed by atoms with Crippen LogP contribution in [0, 0.1) is 69.0 Å². The number of carboxylic acids is 2. The number of allylic oxidation sites excluding steroid dienone is 2. The fraction of sp³-hybridized carbons (Fsp3) is 0.868. The Hall–Kier alpha value is -2.31. The molecule has 1 amide bonds. The van der Waals surface area contributed by atoms with Crippen molar-refractivity contribution in [2.45, 2.75) is 197 Å². The second kappa shape index (κ2) is 25.7. The predicted octanol–water partition coefficient (Wildman–Crippen LogP) is 9.54. The number of carboxylic acid groups (broad SMARTS) is 2. The molecule has 0 radical (unpaired) electrons. The number of aliphatic hydroxyl groups is 4. The molecule has 6 aliphatic carbocycles. The summed E-state index contributed by atoms with van der Waals surface area (Å²) in [5.74, 6) is 2.21. The smallest absolute Gasteiger partial charge is 0.303 e. The molecule has 11 heteroatoms. The van der Waals surface area contributed by atoms with Crippen LogP contribution in [0.1, 0.15) is 184 Å². The van der Waals surface area contributed by atoms with Crippen LogP contribution >= 0.6 is 0 Å². The van der Waals surface area contributed by atoms with Gasteiger partial charge in [0.15, 0.2) is 0 Å². The first-order chi connectivity index (χ1) is 29.6. The van der Waals surface area contributed by atoms with E-state index >= 15 is 0 Å². The Labute approximate surface area is 388 Å². The molecule has 6 saturated carbocycles. The van der Waals surface area contributed by atoms with Gasteiger partial charge in [-0.2, -0.15) is 0 Å². The second-order valence-electron chi connectivity index (χ2n) is 21.7. The van der Waals surface area contributed by atoms with Crippen LogP contribution < -0.4 is 11.1 Å². The van der Waals surface area contributed by atoms with E-state index in [1.54, 1.807) is 0 Å². The first kappa shape index (κ1) is 57.8. The Balaban J connectivity index is 0.000000358. The van der Waals surface area contributed by atoms with Crippen molar-refractivity contribution in [2.24, 2.45) is 74.7 Å². The lowest BCUT2D eigenvalue weighted by Gasteiger charge is -2.56. The minimum absolute atomic E-state index is 0. The summed E-state index contributed by atoms with van der Waals surface area (Å²) in [6.07, 6.45) is 18.7. The molecule has 0 aromatic carbocycles. The van der Waals surface area contributed by atoms with Gasteiger partial charge in [0.2, 0.25) is 5.91 Å². The normalized spacial score (nSPS) is 38.9. The van der Waals surface area contributed by atoms with E-state index in [0.717, 1.165) is 103 Å². The average Bonchev–Trinajstić information content (AvgIpc) is 3.72. The molecule has 0 heterocycles. The second-order valence-corrected chi connectivity index (χ2v) is 21.7. The number of nitrogens with one attached hydrogen (secondary N) is 1. The maximum absolute atomic E-state index is 12.4. The van der Waals surface area contributed by atoms with Crippen LogP contribution in [-0.4, -0.2) is 87.0 Å². The van der Waals surface area contributed by atoms with Crippen LogP contribution in [0.25, 0.3) is 0 Å². The van der Waals surface area contributed by atoms with Crippen molar-refractivity contribution in [3.05, 3.63) is 24.3 Å². The molecular formula is C53H96N2O9. The molecule has 64 heavy (non-hydrogen) atoms. The van der Waals surface area contributed by atoms with Gasteiger partial charge in [0.05, 0.1) is 12.2 Å². The van der Waals surface area contributed by atoms with Gasteiger partial charge in [-0.1, -0.05) is 86.1 Å². The van der Waals surface area contributed by atoms with Gasteiger partial charge < -0.3 is 41.7 Å². The number of carbonyl (C=O) groups excluding carboxylic acids is 1. The van der Waals surface area contributed by atoms with Crippen molar-refractivity contribution in [1.82, 2.24) is 5.32 Å². The third-order valence-corrected chi connectivity index (χ3v) is 18.2. The van der Waals surface area contributed by atoms with Crippen LogP contribution in [0.4, 0.5) is 0 Å². The minimum atomic E-state index is -0.833. The van der Waals surface area contributed by atoms with E-state index in [4.69, 9.17) is 20.7 Å². The Morgan fingerprint density at radius 3 is 1.45 bits per heavy atom. The summed E-state index contributed by atoms with van der Waals surface area (Å²) in [4.78, 5) is 31.2. The van der Waals surface area contributed by atoms with E-state index in [2.05, 4.69) is 53.1 Å². The van der Waals surface area contributed by atoms with Crippen LogP contribution in [0.2, 0.25) is 0 Å². The van der Waals surface area contributed by atoms with Crippen LogP contribution in [0.15, 0.2) is 24.3 Å². The molecule has 0 spiro atoms. The number of hydrogen-bond donors (Lipinski definition) is 8. The van der Waals surface area contributed by atoms with Crippen molar-refractivity contribution < 1.29 is 45.0 Å². The van der Waals surface area contributed by atoms with Crippen LogP contribution in [0.3, 0.4) is 0 Å². The Kier molecular flexibility index (Phi) is 23.2. The van der Waals surface area contributed by atoms with Gasteiger partial charge in [-0.05, 0) is 178 Å². The van der Waals surface area contributed by atoms with Gasteiger partial charge in [-0.25, -0.2) is 0 Å². The zero-order chi connectivity index (χ0) is 47.3. The lowest BCUT2D eigenvalue weighted by molar-refractivity contribution is -0.137. The summed E-state index contributed by atoms with van der Waals surface area (Å²) >= 11 is 0. The molecule has 14 atom stereocenters. The third kappa shape index (κ3) is 13.7. The summed E-state index contributed by atoms with van der Waals surface area (Å²) in [6, 6.07) is 0. The number of nitrogens with two attached hydrogens (primary N) is 1. The predicted molar refractivity (Wildman–Crippen MR) is 258 cm³/mol. The van der Waals surface area contributed by atoms with Crippen molar-refractivity contribution in [1.29, 1.82) is 0 Å². The Morgan fingerprint density at radius 1 is 0.672 bits per heavy atom. The van der Waals surface area contributed by atoms with E-state index in [1.807, 2.05) is 6.92 Å². The molecule has 0 aromatic rings. The quantitative estimate of drug-likeness (QED) is 0.0821. The molecule has 6 fully saturated rings. The Bertz CT molecular complexity index is 1500. The molecule has 9 N–H and O–H groups in total. The fourth-order valence-electron chi connectivity index (χ4n) is 14.0. The van der Waals surface area contributed by atoms with Crippen molar-refractivity contribution in [3.8, 4) is 0 Å². The molecule has 0 saturated heterocycles. The van der Waals surface area contributed by atoms with Crippen molar-refractivity contribution in [3.63, 3.8) is 0 Å². The highest BCUT2D eigenvalue weighted by molar-refractivity contribution is 5.75. The standard InChI is InChI=1S/C25H43NO3.C20H35NO2.C5H10O2.C2H4O2.CH4/c1-5-6-7-23(29)26-15-20-21-9-8-17(2)24(21,3)13-11-22(20)25(4)12-10-19(28)14-18(25)16-27;1-13-4-5-17-16(11-21)18(7-9-19(13,17)2)20(3)8-6-15(23)10-14(20)12-22;1-2-3-4-5(6)7;1-2(3)4;/h18-22,27-28H,2,5-16H2,1,3-4H3,(H,26,29);14-18,22-23H,1,4-12,21H2,2-3H3;2-4H2,1H3,(H,6,7);1H3,(H,3,4);1H4/t18-,19+,20+,21+,22+,24-,25+;14-,15+,16+,17+,18+,19-,20+;;;/m11.../s1. The van der Waals surface area contributed by atoms with Crippen LogP contribution in [0.5, 0.6) is 0 Å². The minimum Gasteiger partial charge on any atom is -0.481 e. The number of hydrogen-bond acceptors (Lipinski definition) is 8. The van der Waals surface area contributed by atoms with Gasteiger partial charge in [-0.15, -0.1) is 0 Å². The molecule has 0 unspecified atom stereocenters. The third-order valence-electron chi connectivity index (χ3n) is 18.2. The first-order valence-corrected chi connectivity index (χ1v) is 25.0. The monoisotopic (exact) mass is 905 g/mol. The summed E-state index contributed by atoms with van der Waals surface area (Å²) in [5, 5.41) is 59.1. The molecule has 372 valence electrons. The van der Waals surface area contributed by atoms with Gasteiger partial charge >= 0.3 is 5.97 Å². The topological polar surface area (TPSA) is 211 Å². The lowest BCUT2D eigenvalue weighted by atomic mass is 9.49. The highest BCUT2D eigenvalue weighted by Crippen LogP contribution is 2.65. The zero-order valence-electron chi connectivity index (χ0n) is 40.6. The van der Waals surface area contributed by atoms with Gasteiger partial charge in [-0.3, -0.25) is 14.4 Å². The molecule has 11 nitrogen and oxygen atoms in total. The summed E-state index contributed by atoms with van der Waals surface area (Å²) in [5.41, 5.74) is 9.73. The molecule has 0 aliphatic heterocycles. The van der Waals surface area contributed by atoms with Gasteiger partial charge in [0, 0.05) is 39.5 Å². The van der Waals surface area contributed by atoms with Crippen molar-refractivity contribution in [2.75, 3.05) is 26.3 Å². The molecule has 6 aliphatic rings. The Morgan fingerprint density at radius 2 is 1.08 bits per heavy atom. The molecular weight excluding hydrogens is 809 g/mol. The maximum Gasteiger partial charge on any atom is 0.303 e. The number of unbranched alkanes of at least 4 members (excludes halogenated alkanes) is 2. The molecule has 0 aromatic heterocycles. The zero-order valence-corrected chi connectivity index (χ0v) is 40.6. The molecule has 0 bridgehead atoms. The fourth-order valence-corrected chi connectivity index (χ4v) is 14.0. The largest absolute Gasteiger partial charge is 0.481 e. The van der Waals surface area contributed by atoms with Crippen LogP contribution in [-0.2, 0) is 14.4 Å². The summed E-state index contributed by atoms with van der Waals surface area (Å²) in [7, 11) is 0. The van der Waals surface area contributed by atoms with Gasteiger partial charge in [0.25, 0.3) is 5.97 Å². The summed E-state index contributed by atoms with van der Waals surface area (Å²) < 4.78 is 0. The number of aliphatic hydroxyl groups excluding tert-OH is 4. The summed E-state index contributed by atoms with van der Waals surface area (Å²) in [6.45, 7) is 25.3. The van der Waals surface area contributed by atoms with E-state index in [-0.39, 0.29) is 72.3 Å². The van der Waals surface area contributed by atoms with Gasteiger partial charge in [0.1, 0.15) is 0 Å². The highest BCUT2D eigenvalue weighted by Gasteiger charge is 2.58. The molecule has 6 rings (SSSR count). The van der Waals surface area contributed by atoms with E-state index < -0.39 is 11.9 Å². The van der Waals surface area contributed by atoms with E-state index in [9.17, 15) is 30.0 Å². The number of fused-ring (bicyclic) bond motifs is 2. The highest BCUT2D eigenvalue weighted by atomic mass is 16.4.